The summed E-state index contributed by atoms with van der Waals surface area (Å²) in [6.45, 7) is 13.5. The van der Waals surface area contributed by atoms with Crippen LogP contribution in [0.25, 0.3) is 10.1 Å². The van der Waals surface area contributed by atoms with Crippen LogP contribution in [0.4, 0.5) is 0 Å². The molecule has 0 atom stereocenters. The van der Waals surface area contributed by atoms with Crippen LogP contribution in [0.3, 0.4) is 0 Å². The molecule has 1 aromatic carbocycles. The topological polar surface area (TPSA) is 15.3 Å². The molecule has 0 radical (unpaired) electrons. The normalized spacial score (nSPS) is 12.2. The number of fused-ring (bicyclic) bond motifs is 1. The Labute approximate surface area is 132 Å². The van der Waals surface area contributed by atoms with E-state index in [1.165, 1.54) is 20.5 Å². The van der Waals surface area contributed by atoms with Crippen molar-refractivity contribution in [2.45, 2.75) is 39.4 Å². The summed E-state index contributed by atoms with van der Waals surface area (Å²) in [5.41, 5.74) is 1.59. The minimum Gasteiger partial charge on any atom is -0.315 e. The predicted octanol–water partition coefficient (Wildman–Crippen LogP) is 4.41. The highest BCUT2D eigenvalue weighted by Gasteiger charge is 2.23. The van der Waals surface area contributed by atoms with E-state index in [1.54, 1.807) is 0 Å². The van der Waals surface area contributed by atoms with E-state index in [4.69, 9.17) is 0 Å². The number of nitrogens with one attached hydrogen (secondary N) is 1. The third-order valence-electron chi connectivity index (χ3n) is 3.77. The van der Waals surface area contributed by atoms with Crippen molar-refractivity contribution < 1.29 is 0 Å². The molecule has 114 valence electrons. The lowest BCUT2D eigenvalue weighted by Gasteiger charge is -2.35. The average molecular weight is 302 g/mol. The first-order valence-corrected chi connectivity index (χ1v) is 8.29. The second-order valence-electron chi connectivity index (χ2n) is 6.37. The summed E-state index contributed by atoms with van der Waals surface area (Å²) >= 11 is 1.90. The van der Waals surface area contributed by atoms with E-state index in [9.17, 15) is 0 Å². The average Bonchev–Trinajstić information content (AvgIpc) is 2.76. The molecular formula is C18H26N2S. The van der Waals surface area contributed by atoms with Gasteiger partial charge in [-0.05, 0) is 44.8 Å². The minimum atomic E-state index is 0.133. The van der Waals surface area contributed by atoms with Crippen LogP contribution in [-0.4, -0.2) is 24.0 Å². The van der Waals surface area contributed by atoms with Crippen LogP contribution in [0.2, 0.25) is 0 Å². The maximum Gasteiger partial charge on any atom is 0.0349 e. The van der Waals surface area contributed by atoms with Crippen molar-refractivity contribution in [2.24, 2.45) is 0 Å². The van der Waals surface area contributed by atoms with Crippen LogP contribution in [0.15, 0.2) is 36.9 Å². The molecular weight excluding hydrogens is 276 g/mol. The lowest BCUT2D eigenvalue weighted by Crippen LogP contribution is -2.41. The van der Waals surface area contributed by atoms with E-state index in [-0.39, 0.29) is 5.54 Å². The highest BCUT2D eigenvalue weighted by atomic mass is 32.1. The molecule has 0 unspecified atom stereocenters. The fourth-order valence-electron chi connectivity index (χ4n) is 2.55. The molecule has 1 heterocycles. The number of rotatable bonds is 6. The minimum absolute atomic E-state index is 0.133. The van der Waals surface area contributed by atoms with Gasteiger partial charge in [0.05, 0.1) is 0 Å². The molecule has 0 aliphatic heterocycles. The zero-order valence-electron chi connectivity index (χ0n) is 13.6. The van der Waals surface area contributed by atoms with Gasteiger partial charge in [0, 0.05) is 34.8 Å². The third-order valence-corrected chi connectivity index (χ3v) is 4.98. The first-order valence-electron chi connectivity index (χ1n) is 7.47. The quantitative estimate of drug-likeness (QED) is 0.795. The molecule has 0 spiro atoms. The number of benzene rings is 1. The Kier molecular flexibility index (Phi) is 5.20. The number of hydrogen-bond acceptors (Lipinski definition) is 3. The van der Waals surface area contributed by atoms with Crippen molar-refractivity contribution in [1.29, 1.82) is 0 Å². The van der Waals surface area contributed by atoms with Crippen molar-refractivity contribution in [3.8, 4) is 0 Å². The molecule has 0 aliphatic rings. The molecule has 2 nitrogen and oxygen atoms in total. The van der Waals surface area contributed by atoms with Gasteiger partial charge in [-0.15, -0.1) is 17.9 Å². The molecule has 0 saturated carbocycles. The second-order valence-corrected chi connectivity index (χ2v) is 7.51. The second kappa shape index (κ2) is 6.73. The first kappa shape index (κ1) is 16.2. The van der Waals surface area contributed by atoms with E-state index < -0.39 is 0 Å². The van der Waals surface area contributed by atoms with E-state index in [1.807, 2.05) is 24.5 Å². The van der Waals surface area contributed by atoms with Gasteiger partial charge in [-0.1, -0.05) is 24.3 Å². The summed E-state index contributed by atoms with van der Waals surface area (Å²) in [4.78, 5) is 3.92. The lowest BCUT2D eigenvalue weighted by molar-refractivity contribution is 0.146. The Morgan fingerprint density at radius 2 is 2.00 bits per heavy atom. The largest absolute Gasteiger partial charge is 0.315 e. The molecule has 2 rings (SSSR count). The molecule has 1 N–H and O–H groups in total. The number of thiophene rings is 1. The van der Waals surface area contributed by atoms with E-state index >= 15 is 0 Å². The van der Waals surface area contributed by atoms with Crippen LogP contribution in [0, 0.1) is 0 Å². The molecule has 0 bridgehead atoms. The van der Waals surface area contributed by atoms with Crippen molar-refractivity contribution in [3.05, 3.63) is 47.4 Å². The van der Waals surface area contributed by atoms with Crippen molar-refractivity contribution in [3.63, 3.8) is 0 Å². The first-order chi connectivity index (χ1) is 9.97. The third kappa shape index (κ3) is 3.73. The summed E-state index contributed by atoms with van der Waals surface area (Å²) in [6.07, 6.45) is 2.00. The highest BCUT2D eigenvalue weighted by molar-refractivity contribution is 7.19. The van der Waals surface area contributed by atoms with Gasteiger partial charge in [-0.2, -0.15) is 0 Å². The summed E-state index contributed by atoms with van der Waals surface area (Å²) < 4.78 is 1.38. The summed E-state index contributed by atoms with van der Waals surface area (Å²) in [6, 6.07) is 8.72. The van der Waals surface area contributed by atoms with Crippen LogP contribution < -0.4 is 5.32 Å². The SMILES string of the molecule is C=CCN(Cc1c(CNC)sc2ccccc12)C(C)(C)C. The van der Waals surface area contributed by atoms with Crippen LogP contribution in [0.5, 0.6) is 0 Å². The molecule has 0 fully saturated rings. The van der Waals surface area contributed by atoms with Crippen LogP contribution in [-0.2, 0) is 13.1 Å². The van der Waals surface area contributed by atoms with Gasteiger partial charge in [-0.25, -0.2) is 0 Å². The molecule has 0 saturated heterocycles. The lowest BCUT2D eigenvalue weighted by atomic mass is 10.0. The number of hydrogen-bond donors (Lipinski definition) is 1. The Bertz CT molecular complexity index is 607. The van der Waals surface area contributed by atoms with Crippen molar-refractivity contribution >= 4 is 21.4 Å². The summed E-state index contributed by atoms with van der Waals surface area (Å²) in [5.74, 6) is 0. The van der Waals surface area contributed by atoms with Crippen LogP contribution >= 0.6 is 11.3 Å². The molecule has 0 amide bonds. The van der Waals surface area contributed by atoms with Gasteiger partial charge in [-0.3, -0.25) is 4.90 Å². The van der Waals surface area contributed by atoms with Gasteiger partial charge >= 0.3 is 0 Å². The van der Waals surface area contributed by atoms with Crippen LogP contribution in [0.1, 0.15) is 31.2 Å². The summed E-state index contributed by atoms with van der Waals surface area (Å²) in [5, 5.41) is 4.70. The van der Waals surface area contributed by atoms with Gasteiger partial charge in [0.25, 0.3) is 0 Å². The van der Waals surface area contributed by atoms with Gasteiger partial charge in [0.1, 0.15) is 0 Å². The highest BCUT2D eigenvalue weighted by Crippen LogP contribution is 2.33. The van der Waals surface area contributed by atoms with Gasteiger partial charge in [0.2, 0.25) is 0 Å². The Morgan fingerprint density at radius 1 is 1.29 bits per heavy atom. The monoisotopic (exact) mass is 302 g/mol. The van der Waals surface area contributed by atoms with Crippen molar-refractivity contribution in [1.82, 2.24) is 10.2 Å². The zero-order valence-corrected chi connectivity index (χ0v) is 14.4. The van der Waals surface area contributed by atoms with E-state index in [0.717, 1.165) is 19.6 Å². The maximum atomic E-state index is 3.91. The van der Waals surface area contributed by atoms with Gasteiger partial charge in [0.15, 0.2) is 0 Å². The molecule has 0 aliphatic carbocycles. The molecule has 3 heteroatoms. The van der Waals surface area contributed by atoms with E-state index in [2.05, 4.69) is 61.8 Å². The fraction of sp³-hybridized carbons (Fsp3) is 0.444. The Hall–Kier alpha value is -1.16. The zero-order chi connectivity index (χ0) is 15.5. The molecule has 1 aromatic heterocycles. The van der Waals surface area contributed by atoms with E-state index in [0.29, 0.717) is 0 Å². The van der Waals surface area contributed by atoms with Gasteiger partial charge < -0.3 is 5.32 Å². The summed E-state index contributed by atoms with van der Waals surface area (Å²) in [7, 11) is 2.01. The van der Waals surface area contributed by atoms with Crippen molar-refractivity contribution in [2.75, 3.05) is 13.6 Å². The Balaban J connectivity index is 2.43. The Morgan fingerprint density at radius 3 is 2.62 bits per heavy atom. The molecule has 2 aromatic rings. The fourth-order valence-corrected chi connectivity index (χ4v) is 3.78. The molecule has 21 heavy (non-hydrogen) atoms. The number of nitrogens with zero attached hydrogens (tertiary/aromatic N) is 1. The standard InChI is InChI=1S/C18H26N2S/c1-6-11-20(18(2,3)4)13-15-14-9-7-8-10-16(14)21-17(15)12-19-5/h6-10,19H,1,11-13H2,2-5H3. The maximum absolute atomic E-state index is 3.91. The predicted molar refractivity (Wildman–Crippen MR) is 94.9 cm³/mol. The smallest absolute Gasteiger partial charge is 0.0349 e.